The number of carbonyl (C=O) groups is 3. The number of ketones is 1. The van der Waals surface area contributed by atoms with Crippen LogP contribution in [0.5, 0.6) is 5.75 Å². The standard InChI is InChI=1S/C21H17N3O4/c25-17(14-11-22-16-7-3-1-5-13(14)16)12-24-19(26)21(23-20(24)27)9-10-28-18-8-4-2-6-15(18)21/h1-8,11,22H,9-10,12H2,(H,23,27)/t21-/m1/s1. The molecule has 2 N–H and O–H groups in total. The Kier molecular flexibility index (Phi) is 3.52. The van der Waals surface area contributed by atoms with Gasteiger partial charge in [0.2, 0.25) is 0 Å². The number of aromatic nitrogens is 1. The van der Waals surface area contributed by atoms with Gasteiger partial charge in [-0.15, -0.1) is 0 Å². The number of nitrogens with zero attached hydrogens (tertiary/aromatic N) is 1. The molecule has 3 aromatic rings. The van der Waals surface area contributed by atoms with Crippen molar-refractivity contribution in [3.63, 3.8) is 0 Å². The third-order valence-electron chi connectivity index (χ3n) is 5.45. The lowest BCUT2D eigenvalue weighted by atomic mass is 9.84. The summed E-state index contributed by atoms with van der Waals surface area (Å²) in [5, 5.41) is 3.58. The van der Waals surface area contributed by atoms with Crippen LogP contribution in [0.3, 0.4) is 0 Å². The van der Waals surface area contributed by atoms with E-state index in [0.717, 1.165) is 15.8 Å². The van der Waals surface area contributed by atoms with Gasteiger partial charge in [-0.25, -0.2) is 4.79 Å². The fourth-order valence-corrected chi connectivity index (χ4v) is 4.05. The zero-order valence-corrected chi connectivity index (χ0v) is 14.9. The van der Waals surface area contributed by atoms with E-state index in [1.54, 1.807) is 24.4 Å². The predicted molar refractivity (Wildman–Crippen MR) is 101 cm³/mol. The van der Waals surface area contributed by atoms with Crippen LogP contribution in [0.4, 0.5) is 4.79 Å². The van der Waals surface area contributed by atoms with Gasteiger partial charge in [-0.1, -0.05) is 36.4 Å². The molecule has 3 amide bonds. The van der Waals surface area contributed by atoms with Crippen molar-refractivity contribution >= 4 is 28.6 Å². The van der Waals surface area contributed by atoms with Gasteiger partial charge < -0.3 is 15.0 Å². The second-order valence-electron chi connectivity index (χ2n) is 6.99. The second kappa shape index (κ2) is 5.95. The average Bonchev–Trinajstić information content (AvgIpc) is 3.24. The van der Waals surface area contributed by atoms with E-state index < -0.39 is 17.5 Å². The van der Waals surface area contributed by atoms with Gasteiger partial charge in [-0.05, 0) is 12.1 Å². The Labute approximate surface area is 160 Å². The monoisotopic (exact) mass is 375 g/mol. The fourth-order valence-electron chi connectivity index (χ4n) is 4.05. The third-order valence-corrected chi connectivity index (χ3v) is 5.45. The summed E-state index contributed by atoms with van der Waals surface area (Å²) in [5.41, 5.74) is 0.746. The first-order chi connectivity index (χ1) is 13.6. The molecule has 0 aliphatic carbocycles. The number of imide groups is 1. The first-order valence-corrected chi connectivity index (χ1v) is 9.06. The van der Waals surface area contributed by atoms with Gasteiger partial charge in [0, 0.05) is 34.6 Å². The van der Waals surface area contributed by atoms with Crippen LogP contribution in [0.15, 0.2) is 54.7 Å². The van der Waals surface area contributed by atoms with Gasteiger partial charge in [-0.3, -0.25) is 14.5 Å². The van der Waals surface area contributed by atoms with Crippen LogP contribution in [0.1, 0.15) is 22.3 Å². The van der Waals surface area contributed by atoms with Crippen molar-refractivity contribution < 1.29 is 19.1 Å². The molecule has 3 heterocycles. The summed E-state index contributed by atoms with van der Waals surface area (Å²) in [6.45, 7) is 0.00452. The summed E-state index contributed by atoms with van der Waals surface area (Å²) in [6.07, 6.45) is 1.94. The number of H-pyrrole nitrogens is 1. The Morgan fingerprint density at radius 3 is 2.79 bits per heavy atom. The molecule has 1 fully saturated rings. The van der Waals surface area contributed by atoms with Gasteiger partial charge in [0.05, 0.1) is 13.2 Å². The van der Waals surface area contributed by atoms with Crippen molar-refractivity contribution in [2.45, 2.75) is 12.0 Å². The van der Waals surface area contributed by atoms with Crippen LogP contribution in [0.25, 0.3) is 10.9 Å². The largest absolute Gasteiger partial charge is 0.493 e. The number of ether oxygens (including phenoxy) is 1. The van der Waals surface area contributed by atoms with Gasteiger partial charge in [0.15, 0.2) is 11.3 Å². The number of rotatable bonds is 3. The Hall–Kier alpha value is -3.61. The summed E-state index contributed by atoms with van der Waals surface area (Å²) in [6, 6.07) is 14.0. The number of hydrogen-bond acceptors (Lipinski definition) is 4. The molecule has 2 aliphatic rings. The van der Waals surface area contributed by atoms with Gasteiger partial charge in [-0.2, -0.15) is 0 Å². The molecule has 5 rings (SSSR count). The molecule has 1 atom stereocenters. The van der Waals surface area contributed by atoms with Crippen LogP contribution in [-0.4, -0.2) is 40.8 Å². The molecule has 1 saturated heterocycles. The number of amides is 3. The van der Waals surface area contributed by atoms with Crippen molar-refractivity contribution in [2.24, 2.45) is 0 Å². The predicted octanol–water partition coefficient (Wildman–Crippen LogP) is 2.58. The topological polar surface area (TPSA) is 91.5 Å². The fraction of sp³-hybridized carbons (Fsp3) is 0.190. The highest BCUT2D eigenvalue weighted by Crippen LogP contribution is 2.41. The lowest BCUT2D eigenvalue weighted by molar-refractivity contribution is -0.132. The number of aromatic amines is 1. The maximum absolute atomic E-state index is 13.3. The van der Waals surface area contributed by atoms with Gasteiger partial charge in [0.25, 0.3) is 5.91 Å². The van der Waals surface area contributed by atoms with Crippen LogP contribution in [-0.2, 0) is 10.3 Å². The normalized spacial score (nSPS) is 20.9. The molecule has 7 heteroatoms. The lowest BCUT2D eigenvalue weighted by Gasteiger charge is -2.33. The number of hydrogen-bond donors (Lipinski definition) is 2. The number of nitrogens with one attached hydrogen (secondary N) is 2. The van der Waals surface area contributed by atoms with Crippen LogP contribution < -0.4 is 10.1 Å². The molecule has 0 radical (unpaired) electrons. The van der Waals surface area contributed by atoms with Crippen LogP contribution >= 0.6 is 0 Å². The number of Topliss-reactive ketones (excluding diaryl/α,β-unsaturated/α-hetero) is 1. The quantitative estimate of drug-likeness (QED) is 0.544. The van der Waals surface area contributed by atoms with Gasteiger partial charge >= 0.3 is 6.03 Å². The van der Waals surface area contributed by atoms with Crippen molar-refractivity contribution in [3.05, 3.63) is 65.9 Å². The summed E-state index contributed by atoms with van der Waals surface area (Å²) in [5.74, 6) is -0.132. The summed E-state index contributed by atoms with van der Waals surface area (Å²) in [7, 11) is 0. The molecule has 0 bridgehead atoms. The summed E-state index contributed by atoms with van der Waals surface area (Å²) >= 11 is 0. The Morgan fingerprint density at radius 2 is 1.89 bits per heavy atom. The zero-order chi connectivity index (χ0) is 19.3. The van der Waals surface area contributed by atoms with E-state index in [9.17, 15) is 14.4 Å². The van der Waals surface area contributed by atoms with Gasteiger partial charge in [0.1, 0.15) is 5.75 Å². The summed E-state index contributed by atoms with van der Waals surface area (Å²) < 4.78 is 5.62. The minimum Gasteiger partial charge on any atom is -0.493 e. The van der Waals surface area contributed by atoms with Crippen molar-refractivity contribution in [3.8, 4) is 5.75 Å². The minimum atomic E-state index is -1.17. The molecule has 2 aromatic carbocycles. The molecule has 2 aliphatic heterocycles. The van der Waals surface area contributed by atoms with Crippen molar-refractivity contribution in [1.29, 1.82) is 0 Å². The molecule has 7 nitrogen and oxygen atoms in total. The van der Waals surface area contributed by atoms with E-state index in [1.165, 1.54) is 0 Å². The highest BCUT2D eigenvalue weighted by atomic mass is 16.5. The average molecular weight is 375 g/mol. The van der Waals surface area contributed by atoms with Crippen molar-refractivity contribution in [2.75, 3.05) is 13.2 Å². The number of benzene rings is 2. The van der Waals surface area contributed by atoms with Crippen molar-refractivity contribution in [1.82, 2.24) is 15.2 Å². The van der Waals surface area contributed by atoms with Crippen LogP contribution in [0, 0.1) is 0 Å². The highest BCUT2D eigenvalue weighted by molar-refractivity contribution is 6.14. The molecule has 1 aromatic heterocycles. The Balaban J connectivity index is 1.47. The lowest BCUT2D eigenvalue weighted by Crippen LogP contribution is -2.47. The van der Waals surface area contributed by atoms with E-state index in [0.29, 0.717) is 29.9 Å². The Bertz CT molecular complexity index is 1140. The number of para-hydroxylation sites is 2. The third kappa shape index (κ3) is 2.26. The first-order valence-electron chi connectivity index (χ1n) is 9.06. The highest BCUT2D eigenvalue weighted by Gasteiger charge is 2.55. The maximum atomic E-state index is 13.3. The second-order valence-corrected chi connectivity index (χ2v) is 6.99. The molecular weight excluding hydrogens is 358 g/mol. The zero-order valence-electron chi connectivity index (χ0n) is 14.9. The molecule has 1 spiro atoms. The number of urea groups is 1. The van der Waals surface area contributed by atoms with E-state index >= 15 is 0 Å². The van der Waals surface area contributed by atoms with E-state index in [2.05, 4.69) is 10.3 Å². The number of fused-ring (bicyclic) bond motifs is 3. The van der Waals surface area contributed by atoms with E-state index in [1.807, 2.05) is 30.3 Å². The minimum absolute atomic E-state index is 0.293. The maximum Gasteiger partial charge on any atom is 0.325 e. The SMILES string of the molecule is O=C(CN1C(=O)N[C@@]2(CCOc3ccccc32)C1=O)c1c[nH]c2ccccc12. The molecule has 140 valence electrons. The Morgan fingerprint density at radius 1 is 1.11 bits per heavy atom. The smallest absolute Gasteiger partial charge is 0.325 e. The molecular formula is C21H17N3O4. The first kappa shape index (κ1) is 16.6. The van der Waals surface area contributed by atoms with E-state index in [4.69, 9.17) is 4.74 Å². The summed E-state index contributed by atoms with van der Waals surface area (Å²) in [4.78, 5) is 42.8. The van der Waals surface area contributed by atoms with Crippen LogP contribution in [0.2, 0.25) is 0 Å². The number of carbonyl (C=O) groups excluding carboxylic acids is 3. The molecule has 28 heavy (non-hydrogen) atoms. The molecule has 0 unspecified atom stereocenters. The van der Waals surface area contributed by atoms with E-state index in [-0.39, 0.29) is 12.3 Å². The molecule has 0 saturated carbocycles.